The van der Waals surface area contributed by atoms with Gasteiger partial charge < -0.3 is 9.47 Å². The number of benzene rings is 8. The summed E-state index contributed by atoms with van der Waals surface area (Å²) in [5, 5.41) is 2.53. The molecular formula is C57H44N2. The molecule has 0 unspecified atom stereocenters. The van der Waals surface area contributed by atoms with E-state index in [-0.39, 0.29) is 5.41 Å². The summed E-state index contributed by atoms with van der Waals surface area (Å²) >= 11 is 0. The molecule has 282 valence electrons. The molecular weight excluding hydrogens is 713 g/mol. The summed E-state index contributed by atoms with van der Waals surface area (Å²) in [4.78, 5) is 2.41. The number of rotatable bonds is 7. The van der Waals surface area contributed by atoms with E-state index in [4.69, 9.17) is 0 Å². The smallest absolute Gasteiger partial charge is 0.0541 e. The van der Waals surface area contributed by atoms with E-state index in [2.05, 4.69) is 230 Å². The van der Waals surface area contributed by atoms with Crippen molar-refractivity contribution < 1.29 is 0 Å². The molecule has 0 N–H and O–H groups in total. The largest absolute Gasteiger partial charge is 0.310 e. The molecule has 9 aromatic rings. The summed E-state index contributed by atoms with van der Waals surface area (Å²) in [6.45, 7) is 4.77. The number of nitrogens with zero attached hydrogens (tertiary/aromatic N) is 2. The molecule has 0 amide bonds. The second-order valence-corrected chi connectivity index (χ2v) is 16.5. The number of hydrogen-bond donors (Lipinski definition) is 0. The maximum Gasteiger partial charge on any atom is 0.0541 e. The average molecular weight is 757 g/mol. The number of hydrogen-bond acceptors (Lipinski definition) is 1. The van der Waals surface area contributed by atoms with Gasteiger partial charge >= 0.3 is 0 Å². The van der Waals surface area contributed by atoms with Crippen molar-refractivity contribution in [1.29, 1.82) is 0 Å². The third kappa shape index (κ3) is 5.94. The number of allylic oxidation sites excluding steroid dienone is 4. The minimum Gasteiger partial charge on any atom is -0.310 e. The number of fused-ring (bicyclic) bond motifs is 5. The van der Waals surface area contributed by atoms with Gasteiger partial charge in [-0.25, -0.2) is 0 Å². The summed E-state index contributed by atoms with van der Waals surface area (Å²) < 4.78 is 2.37. The summed E-state index contributed by atoms with van der Waals surface area (Å²) in [5.41, 5.74) is 20.1. The van der Waals surface area contributed by atoms with Crippen LogP contribution < -0.4 is 4.90 Å². The molecule has 59 heavy (non-hydrogen) atoms. The van der Waals surface area contributed by atoms with Crippen LogP contribution in [0.1, 0.15) is 37.8 Å². The van der Waals surface area contributed by atoms with Gasteiger partial charge in [0.2, 0.25) is 0 Å². The van der Waals surface area contributed by atoms with Crippen molar-refractivity contribution in [1.82, 2.24) is 4.57 Å². The first kappa shape index (κ1) is 35.0. The topological polar surface area (TPSA) is 8.17 Å². The molecule has 0 radical (unpaired) electrons. The Morgan fingerprint density at radius 2 is 0.983 bits per heavy atom. The lowest BCUT2D eigenvalue weighted by atomic mass is 9.80. The standard InChI is InChI=1S/C57H44N2/c1-57(2)53-19-11-9-17-49(53)50-35-34-48(38-54(50)57)58(46-30-25-41(26-31-46)39-13-5-3-6-14-39)47-32-27-42(28-33-47)40-21-23-43(24-22-40)44-29-36-56-52(37-44)51-18-10-12-20-55(51)59(56)45-15-7-4-8-16-45/h3-8,10-16,18-38H,9,17H2,1-2H3. The molecule has 2 nitrogen and oxygen atoms in total. The van der Waals surface area contributed by atoms with E-state index in [1.807, 2.05) is 0 Å². The van der Waals surface area contributed by atoms with Gasteiger partial charge in [-0.15, -0.1) is 0 Å². The Bertz CT molecular complexity index is 3070. The molecule has 0 spiro atoms. The molecule has 2 aliphatic rings. The maximum absolute atomic E-state index is 2.44. The summed E-state index contributed by atoms with van der Waals surface area (Å²) in [7, 11) is 0. The van der Waals surface area contributed by atoms with Crippen molar-refractivity contribution in [2.45, 2.75) is 32.1 Å². The molecule has 0 saturated carbocycles. The second-order valence-electron chi connectivity index (χ2n) is 16.5. The molecule has 8 aromatic carbocycles. The summed E-state index contributed by atoms with van der Waals surface area (Å²) in [5.74, 6) is 0. The van der Waals surface area contributed by atoms with Crippen LogP contribution in [-0.2, 0) is 5.41 Å². The molecule has 0 bridgehead atoms. The molecule has 1 aromatic heterocycles. The monoisotopic (exact) mass is 756 g/mol. The van der Waals surface area contributed by atoms with Gasteiger partial charge in [-0.05, 0) is 135 Å². The van der Waals surface area contributed by atoms with Gasteiger partial charge in [-0.3, -0.25) is 0 Å². The van der Waals surface area contributed by atoms with E-state index in [1.165, 1.54) is 88.8 Å². The maximum atomic E-state index is 2.44. The predicted molar refractivity (Wildman–Crippen MR) is 250 cm³/mol. The third-order valence-corrected chi connectivity index (χ3v) is 12.7. The predicted octanol–water partition coefficient (Wildman–Crippen LogP) is 15.6. The molecule has 0 fully saturated rings. The van der Waals surface area contributed by atoms with Crippen LogP contribution in [0.5, 0.6) is 0 Å². The first-order chi connectivity index (χ1) is 29.0. The van der Waals surface area contributed by atoms with E-state index < -0.39 is 0 Å². The molecule has 0 saturated heterocycles. The Balaban J connectivity index is 0.928. The zero-order valence-electron chi connectivity index (χ0n) is 33.4. The number of anilines is 3. The van der Waals surface area contributed by atoms with Gasteiger partial charge in [-0.1, -0.05) is 153 Å². The fourth-order valence-electron chi connectivity index (χ4n) is 9.67. The Morgan fingerprint density at radius 3 is 1.66 bits per heavy atom. The highest BCUT2D eigenvalue weighted by atomic mass is 15.1. The summed E-state index contributed by atoms with van der Waals surface area (Å²) in [6, 6.07) is 71.1. The number of para-hydroxylation sites is 2. The van der Waals surface area contributed by atoms with Gasteiger partial charge in [-0.2, -0.15) is 0 Å². The van der Waals surface area contributed by atoms with Crippen molar-refractivity contribution in [2.75, 3.05) is 4.90 Å². The van der Waals surface area contributed by atoms with Crippen LogP contribution in [0.4, 0.5) is 17.1 Å². The minimum atomic E-state index is -0.0384. The number of aromatic nitrogens is 1. The molecule has 1 heterocycles. The normalized spacial score (nSPS) is 14.1. The van der Waals surface area contributed by atoms with Gasteiger partial charge in [0, 0.05) is 38.9 Å². The SMILES string of the molecule is CC1(C)C2=C(CCC=C2)c2ccc(N(c3ccc(-c4ccccc4)cc3)c3ccc(-c4ccc(-c5ccc6c(c5)c5ccccc5n6-c5ccccc5)cc4)cc3)cc21. The zero-order valence-corrected chi connectivity index (χ0v) is 33.4. The third-order valence-electron chi connectivity index (χ3n) is 12.7. The van der Waals surface area contributed by atoms with Gasteiger partial charge in [0.25, 0.3) is 0 Å². The van der Waals surface area contributed by atoms with Crippen LogP contribution >= 0.6 is 0 Å². The second kappa shape index (κ2) is 14.0. The van der Waals surface area contributed by atoms with Crippen molar-refractivity contribution in [2.24, 2.45) is 0 Å². The van der Waals surface area contributed by atoms with Gasteiger partial charge in [0.05, 0.1) is 11.0 Å². The lowest BCUT2D eigenvalue weighted by molar-refractivity contribution is 0.651. The fourth-order valence-corrected chi connectivity index (χ4v) is 9.67. The Kier molecular flexibility index (Phi) is 8.34. The van der Waals surface area contributed by atoms with E-state index >= 15 is 0 Å². The highest BCUT2D eigenvalue weighted by molar-refractivity contribution is 6.10. The van der Waals surface area contributed by atoms with Crippen LogP contribution in [0.25, 0.3) is 66.4 Å². The van der Waals surface area contributed by atoms with Gasteiger partial charge in [0.15, 0.2) is 0 Å². The molecule has 0 atom stereocenters. The van der Waals surface area contributed by atoms with E-state index in [9.17, 15) is 0 Å². The lowest BCUT2D eigenvalue weighted by Gasteiger charge is -2.29. The molecule has 0 aliphatic heterocycles. The van der Waals surface area contributed by atoms with Crippen LogP contribution in [-0.4, -0.2) is 4.57 Å². The van der Waals surface area contributed by atoms with Crippen molar-refractivity contribution in [3.8, 4) is 39.1 Å². The summed E-state index contributed by atoms with van der Waals surface area (Å²) in [6.07, 6.45) is 6.94. The zero-order chi connectivity index (χ0) is 39.5. The van der Waals surface area contributed by atoms with Gasteiger partial charge in [0.1, 0.15) is 0 Å². The van der Waals surface area contributed by atoms with Crippen LogP contribution in [0.2, 0.25) is 0 Å². The van der Waals surface area contributed by atoms with Crippen molar-refractivity contribution >= 4 is 44.4 Å². The molecule has 2 heteroatoms. The molecule has 2 aliphatic carbocycles. The molecule has 11 rings (SSSR count). The van der Waals surface area contributed by atoms with E-state index in [0.717, 1.165) is 24.2 Å². The Morgan fingerprint density at radius 1 is 0.458 bits per heavy atom. The van der Waals surface area contributed by atoms with Crippen molar-refractivity contribution in [3.05, 3.63) is 223 Å². The lowest BCUT2D eigenvalue weighted by Crippen LogP contribution is -2.18. The fraction of sp³-hybridized carbons (Fsp3) is 0.0877. The minimum absolute atomic E-state index is 0.0384. The van der Waals surface area contributed by atoms with Crippen LogP contribution in [0.15, 0.2) is 212 Å². The first-order valence-electron chi connectivity index (χ1n) is 20.8. The highest BCUT2D eigenvalue weighted by Crippen LogP contribution is 2.51. The quantitative estimate of drug-likeness (QED) is 0.157. The van der Waals surface area contributed by atoms with Crippen molar-refractivity contribution in [3.63, 3.8) is 0 Å². The average Bonchev–Trinajstić information content (AvgIpc) is 3.75. The van der Waals surface area contributed by atoms with Crippen LogP contribution in [0, 0.1) is 0 Å². The Labute approximate surface area is 346 Å². The van der Waals surface area contributed by atoms with Crippen LogP contribution in [0.3, 0.4) is 0 Å². The highest BCUT2D eigenvalue weighted by Gasteiger charge is 2.37. The first-order valence-corrected chi connectivity index (χ1v) is 20.8. The Hall–Kier alpha value is -7.16. The van der Waals surface area contributed by atoms with E-state index in [1.54, 1.807) is 0 Å². The van der Waals surface area contributed by atoms with E-state index in [0.29, 0.717) is 0 Å².